The molecule has 82 valence electrons. The van der Waals surface area contributed by atoms with E-state index in [1.165, 1.54) is 0 Å². The van der Waals surface area contributed by atoms with Crippen molar-refractivity contribution < 1.29 is 9.90 Å². The van der Waals surface area contributed by atoms with Crippen molar-refractivity contribution >= 4 is 5.78 Å². The van der Waals surface area contributed by atoms with Crippen LogP contribution < -0.4 is 0 Å². The van der Waals surface area contributed by atoms with Gasteiger partial charge in [-0.25, -0.2) is 0 Å². The van der Waals surface area contributed by atoms with Crippen LogP contribution in [-0.2, 0) is 4.79 Å². The predicted octanol–water partition coefficient (Wildman–Crippen LogP) is 3.48. The molecule has 0 saturated heterocycles. The Morgan fingerprint density at radius 2 is 1.50 bits per heavy atom. The summed E-state index contributed by atoms with van der Waals surface area (Å²) < 4.78 is 0. The first-order chi connectivity index (χ1) is 6.34. The highest BCUT2D eigenvalue weighted by Crippen LogP contribution is 2.15. The van der Waals surface area contributed by atoms with E-state index in [1.807, 2.05) is 27.7 Å². The van der Waals surface area contributed by atoms with Gasteiger partial charge in [-0.1, -0.05) is 27.7 Å². The topological polar surface area (TPSA) is 37.3 Å². The van der Waals surface area contributed by atoms with Crippen molar-refractivity contribution in [3.63, 3.8) is 0 Å². The molecule has 0 radical (unpaired) electrons. The molecule has 0 unspecified atom stereocenters. The van der Waals surface area contributed by atoms with Gasteiger partial charge < -0.3 is 5.11 Å². The molecule has 0 heterocycles. The zero-order valence-corrected chi connectivity index (χ0v) is 9.92. The molecule has 0 aromatic carbocycles. The number of allylic oxidation sites excluding steroid dienone is 2. The highest BCUT2D eigenvalue weighted by molar-refractivity contribution is 5.95. The van der Waals surface area contributed by atoms with Gasteiger partial charge in [0.2, 0.25) is 0 Å². The van der Waals surface area contributed by atoms with Gasteiger partial charge in [-0.05, 0) is 18.8 Å². The number of carbonyl (C=O) groups excluding carboxylic acids is 1. The van der Waals surface area contributed by atoms with Gasteiger partial charge >= 0.3 is 0 Å². The molecule has 0 amide bonds. The SMILES string of the molecule is C/C(C(=O)CC(C)C)=C(/O)CC(C)C. The van der Waals surface area contributed by atoms with Gasteiger partial charge in [0.25, 0.3) is 0 Å². The van der Waals surface area contributed by atoms with Crippen LogP contribution in [0.2, 0.25) is 0 Å². The van der Waals surface area contributed by atoms with E-state index in [0.29, 0.717) is 30.3 Å². The summed E-state index contributed by atoms with van der Waals surface area (Å²) in [5, 5.41) is 9.63. The molecule has 0 fully saturated rings. The number of carbonyl (C=O) groups is 1. The summed E-state index contributed by atoms with van der Waals surface area (Å²) in [6, 6.07) is 0. The molecule has 0 saturated carbocycles. The number of Topliss-reactive ketones (excluding diaryl/α,β-unsaturated/α-hetero) is 1. The summed E-state index contributed by atoms with van der Waals surface area (Å²) in [6.45, 7) is 9.77. The maximum Gasteiger partial charge on any atom is 0.162 e. The number of hydrogen-bond acceptors (Lipinski definition) is 2. The third kappa shape index (κ3) is 5.05. The standard InChI is InChI=1S/C12H22O2/c1-8(2)6-11(13)10(5)12(14)7-9(3)4/h8-9,13H,6-7H2,1-5H3/b11-10-. The summed E-state index contributed by atoms with van der Waals surface area (Å²) in [7, 11) is 0. The summed E-state index contributed by atoms with van der Waals surface area (Å²) in [5.74, 6) is 1.06. The molecule has 0 rings (SSSR count). The molecule has 0 aliphatic heterocycles. The van der Waals surface area contributed by atoms with Crippen molar-refractivity contribution in [1.29, 1.82) is 0 Å². The fourth-order valence-electron chi connectivity index (χ4n) is 1.22. The number of aliphatic hydroxyl groups is 1. The Hall–Kier alpha value is -0.790. The average Bonchev–Trinajstić information content (AvgIpc) is 2.00. The minimum atomic E-state index is 0.0677. The first-order valence-corrected chi connectivity index (χ1v) is 5.26. The first-order valence-electron chi connectivity index (χ1n) is 5.26. The van der Waals surface area contributed by atoms with Gasteiger partial charge in [0.1, 0.15) is 0 Å². The van der Waals surface area contributed by atoms with Crippen molar-refractivity contribution in [2.45, 2.75) is 47.5 Å². The average molecular weight is 198 g/mol. The van der Waals surface area contributed by atoms with Crippen LogP contribution in [0.5, 0.6) is 0 Å². The zero-order chi connectivity index (χ0) is 11.3. The molecule has 2 heteroatoms. The Kier molecular flexibility index (Phi) is 5.51. The van der Waals surface area contributed by atoms with Gasteiger partial charge in [0.15, 0.2) is 5.78 Å². The summed E-state index contributed by atoms with van der Waals surface area (Å²) >= 11 is 0. The monoisotopic (exact) mass is 198 g/mol. The van der Waals surface area contributed by atoms with E-state index >= 15 is 0 Å². The third-order valence-electron chi connectivity index (χ3n) is 2.05. The van der Waals surface area contributed by atoms with E-state index in [-0.39, 0.29) is 11.5 Å². The second-order valence-electron chi connectivity index (χ2n) is 4.69. The van der Waals surface area contributed by atoms with Crippen molar-refractivity contribution in [2.24, 2.45) is 11.8 Å². The maximum atomic E-state index is 11.6. The molecule has 0 atom stereocenters. The number of rotatable bonds is 5. The lowest BCUT2D eigenvalue weighted by Gasteiger charge is -2.09. The van der Waals surface area contributed by atoms with Crippen LogP contribution in [0.4, 0.5) is 0 Å². The van der Waals surface area contributed by atoms with E-state index < -0.39 is 0 Å². The maximum absolute atomic E-state index is 11.6. The van der Waals surface area contributed by atoms with Gasteiger partial charge in [0, 0.05) is 18.4 Å². The molecule has 0 spiro atoms. The third-order valence-corrected chi connectivity index (χ3v) is 2.05. The molecule has 0 aliphatic carbocycles. The Bertz CT molecular complexity index is 224. The largest absolute Gasteiger partial charge is 0.512 e. The van der Waals surface area contributed by atoms with E-state index in [1.54, 1.807) is 6.92 Å². The van der Waals surface area contributed by atoms with Crippen LogP contribution in [0.3, 0.4) is 0 Å². The molecule has 0 aliphatic rings. The molecule has 0 aromatic heterocycles. The zero-order valence-electron chi connectivity index (χ0n) is 9.92. The van der Waals surface area contributed by atoms with Crippen LogP contribution >= 0.6 is 0 Å². The lowest BCUT2D eigenvalue weighted by Crippen LogP contribution is -2.07. The molecule has 0 aromatic rings. The van der Waals surface area contributed by atoms with Gasteiger partial charge in [0.05, 0.1) is 5.76 Å². The lowest BCUT2D eigenvalue weighted by molar-refractivity contribution is -0.116. The second-order valence-corrected chi connectivity index (χ2v) is 4.69. The molecular formula is C12H22O2. The molecule has 0 bridgehead atoms. The highest BCUT2D eigenvalue weighted by Gasteiger charge is 2.12. The fourth-order valence-corrected chi connectivity index (χ4v) is 1.22. The molecule has 1 N–H and O–H groups in total. The summed E-state index contributed by atoms with van der Waals surface area (Å²) in [6.07, 6.45) is 1.11. The molecular weight excluding hydrogens is 176 g/mol. The van der Waals surface area contributed by atoms with E-state index in [4.69, 9.17) is 0 Å². The lowest BCUT2D eigenvalue weighted by atomic mass is 9.98. The number of aliphatic hydroxyl groups excluding tert-OH is 1. The Balaban J connectivity index is 4.40. The van der Waals surface area contributed by atoms with Crippen molar-refractivity contribution in [1.82, 2.24) is 0 Å². The van der Waals surface area contributed by atoms with Crippen LogP contribution in [0.1, 0.15) is 47.5 Å². The van der Waals surface area contributed by atoms with Crippen LogP contribution in [0, 0.1) is 11.8 Å². The highest BCUT2D eigenvalue weighted by atomic mass is 16.3. The number of hydrogen-bond donors (Lipinski definition) is 1. The number of ketones is 1. The van der Waals surface area contributed by atoms with Gasteiger partial charge in [-0.2, -0.15) is 0 Å². The normalized spacial score (nSPS) is 13.4. The predicted molar refractivity (Wildman–Crippen MR) is 59.2 cm³/mol. The van der Waals surface area contributed by atoms with E-state index in [0.717, 1.165) is 0 Å². The minimum absolute atomic E-state index is 0.0677. The molecule has 2 nitrogen and oxygen atoms in total. The smallest absolute Gasteiger partial charge is 0.162 e. The van der Waals surface area contributed by atoms with E-state index in [2.05, 4.69) is 0 Å². The first kappa shape index (κ1) is 13.2. The Morgan fingerprint density at radius 1 is 1.07 bits per heavy atom. The van der Waals surface area contributed by atoms with Crippen molar-refractivity contribution in [3.05, 3.63) is 11.3 Å². The van der Waals surface area contributed by atoms with Gasteiger partial charge in [-0.15, -0.1) is 0 Å². The van der Waals surface area contributed by atoms with Crippen molar-refractivity contribution in [2.75, 3.05) is 0 Å². The van der Waals surface area contributed by atoms with Crippen molar-refractivity contribution in [3.8, 4) is 0 Å². The minimum Gasteiger partial charge on any atom is -0.512 e. The fraction of sp³-hybridized carbons (Fsp3) is 0.750. The van der Waals surface area contributed by atoms with E-state index in [9.17, 15) is 9.90 Å². The Labute approximate surface area is 87.0 Å². The Morgan fingerprint density at radius 3 is 1.86 bits per heavy atom. The quantitative estimate of drug-likeness (QED) is 0.542. The van der Waals surface area contributed by atoms with Crippen LogP contribution in [0.15, 0.2) is 11.3 Å². The van der Waals surface area contributed by atoms with Crippen LogP contribution in [0.25, 0.3) is 0 Å². The van der Waals surface area contributed by atoms with Gasteiger partial charge in [-0.3, -0.25) is 4.79 Å². The molecule has 14 heavy (non-hydrogen) atoms. The van der Waals surface area contributed by atoms with Crippen LogP contribution in [-0.4, -0.2) is 10.9 Å². The second kappa shape index (κ2) is 5.84. The summed E-state index contributed by atoms with van der Waals surface area (Å²) in [5.41, 5.74) is 0.535. The summed E-state index contributed by atoms with van der Waals surface area (Å²) in [4.78, 5) is 11.6.